The van der Waals surface area contributed by atoms with E-state index < -0.39 is 6.04 Å². The van der Waals surface area contributed by atoms with Crippen LogP contribution in [0.15, 0.2) is 84.3 Å². The second-order valence-electron chi connectivity index (χ2n) is 8.35. The van der Waals surface area contributed by atoms with Gasteiger partial charge >= 0.3 is 0 Å². The standard InChI is InChI=1S/C27H23Cl2N5O3/c1-16-24(26(35)33-20-10-8-19(28)9-11-20)25(34-27(32-16)30-15-31-34)17-7-12-22(23(13-17)36-2)37-14-18-5-3-4-6-21(18)29/h3-13,15,25H,14H2,1-2H3,(H,33,35)(H,30,31,32). The molecule has 5 rings (SSSR count). The van der Waals surface area contributed by atoms with Crippen molar-refractivity contribution in [3.05, 3.63) is 105 Å². The van der Waals surface area contributed by atoms with Crippen LogP contribution < -0.4 is 20.1 Å². The predicted molar refractivity (Wildman–Crippen MR) is 143 cm³/mol. The topological polar surface area (TPSA) is 90.3 Å². The molecule has 1 aliphatic heterocycles. The second kappa shape index (κ2) is 10.5. The van der Waals surface area contributed by atoms with E-state index in [0.29, 0.717) is 44.5 Å². The van der Waals surface area contributed by atoms with Crippen molar-refractivity contribution in [1.29, 1.82) is 0 Å². The van der Waals surface area contributed by atoms with E-state index in [1.165, 1.54) is 6.33 Å². The minimum absolute atomic E-state index is 0.281. The van der Waals surface area contributed by atoms with Crippen LogP contribution in [0.1, 0.15) is 24.1 Å². The van der Waals surface area contributed by atoms with E-state index in [1.807, 2.05) is 49.4 Å². The van der Waals surface area contributed by atoms with Crippen LogP contribution in [0.3, 0.4) is 0 Å². The zero-order valence-electron chi connectivity index (χ0n) is 20.0. The fourth-order valence-electron chi connectivity index (χ4n) is 4.17. The van der Waals surface area contributed by atoms with Crippen LogP contribution in [0, 0.1) is 0 Å². The molecule has 0 fully saturated rings. The lowest BCUT2D eigenvalue weighted by atomic mass is 9.94. The van der Waals surface area contributed by atoms with Crippen LogP contribution in [0.5, 0.6) is 11.5 Å². The quantitative estimate of drug-likeness (QED) is 0.297. The maximum atomic E-state index is 13.5. The van der Waals surface area contributed by atoms with Crippen LogP contribution in [0.25, 0.3) is 0 Å². The third-order valence-corrected chi connectivity index (χ3v) is 6.61. The molecule has 1 unspecified atom stereocenters. The highest BCUT2D eigenvalue weighted by Crippen LogP contribution is 2.39. The molecule has 37 heavy (non-hydrogen) atoms. The molecular weight excluding hydrogens is 513 g/mol. The molecule has 2 heterocycles. The highest BCUT2D eigenvalue weighted by atomic mass is 35.5. The number of halogens is 2. The highest BCUT2D eigenvalue weighted by molar-refractivity contribution is 6.31. The summed E-state index contributed by atoms with van der Waals surface area (Å²) in [7, 11) is 1.57. The summed E-state index contributed by atoms with van der Waals surface area (Å²) in [6.45, 7) is 2.12. The summed E-state index contributed by atoms with van der Waals surface area (Å²) in [5, 5.41) is 11.7. The molecule has 1 atom stereocenters. The molecule has 0 saturated carbocycles. The Labute approximate surface area is 223 Å². The average Bonchev–Trinajstić information content (AvgIpc) is 3.36. The maximum Gasteiger partial charge on any atom is 0.255 e. The van der Waals surface area contributed by atoms with Gasteiger partial charge in [-0.1, -0.05) is 47.5 Å². The molecule has 1 aromatic heterocycles. The van der Waals surface area contributed by atoms with Gasteiger partial charge in [0.2, 0.25) is 5.95 Å². The number of hydrogen-bond donors (Lipinski definition) is 2. The third-order valence-electron chi connectivity index (χ3n) is 5.99. The van der Waals surface area contributed by atoms with Gasteiger partial charge in [-0.05, 0) is 55.0 Å². The minimum atomic E-state index is -0.558. The van der Waals surface area contributed by atoms with Gasteiger partial charge in [0.15, 0.2) is 11.5 Å². The molecule has 10 heteroatoms. The number of allylic oxidation sites excluding steroid dienone is 1. The predicted octanol–water partition coefficient (Wildman–Crippen LogP) is 6.10. The van der Waals surface area contributed by atoms with Crippen molar-refractivity contribution in [3.63, 3.8) is 0 Å². The van der Waals surface area contributed by atoms with E-state index in [1.54, 1.807) is 36.1 Å². The number of carbonyl (C=O) groups is 1. The van der Waals surface area contributed by atoms with Crippen molar-refractivity contribution < 1.29 is 14.3 Å². The zero-order valence-corrected chi connectivity index (χ0v) is 21.5. The first-order valence-electron chi connectivity index (χ1n) is 11.4. The van der Waals surface area contributed by atoms with Crippen LogP contribution in [0.4, 0.5) is 11.6 Å². The number of hydrogen-bond acceptors (Lipinski definition) is 6. The Bertz CT molecular complexity index is 1480. The second-order valence-corrected chi connectivity index (χ2v) is 9.19. The van der Waals surface area contributed by atoms with Gasteiger partial charge in [-0.15, -0.1) is 0 Å². The molecule has 0 radical (unpaired) electrons. The zero-order chi connectivity index (χ0) is 25.9. The van der Waals surface area contributed by atoms with Gasteiger partial charge in [0.25, 0.3) is 5.91 Å². The van der Waals surface area contributed by atoms with Gasteiger partial charge in [0, 0.05) is 27.0 Å². The number of methoxy groups -OCH3 is 1. The number of aromatic nitrogens is 3. The largest absolute Gasteiger partial charge is 0.493 e. The van der Waals surface area contributed by atoms with E-state index in [0.717, 1.165) is 11.1 Å². The van der Waals surface area contributed by atoms with Crippen molar-refractivity contribution >= 4 is 40.7 Å². The fourth-order valence-corrected chi connectivity index (χ4v) is 4.49. The Morgan fingerprint density at radius 1 is 1.08 bits per heavy atom. The summed E-state index contributed by atoms with van der Waals surface area (Å²) >= 11 is 12.3. The molecule has 2 N–H and O–H groups in total. The Morgan fingerprint density at radius 2 is 1.86 bits per heavy atom. The maximum absolute atomic E-state index is 13.5. The Kier molecular flexibility index (Phi) is 7.03. The number of nitrogens with one attached hydrogen (secondary N) is 2. The van der Waals surface area contributed by atoms with Gasteiger partial charge in [0.05, 0.1) is 12.7 Å². The summed E-state index contributed by atoms with van der Waals surface area (Å²) in [6, 6.07) is 19.4. The molecule has 0 saturated heterocycles. The smallest absolute Gasteiger partial charge is 0.255 e. The Hall–Kier alpha value is -4.01. The number of benzene rings is 3. The Morgan fingerprint density at radius 3 is 2.62 bits per heavy atom. The number of rotatable bonds is 7. The normalized spacial score (nSPS) is 14.5. The van der Waals surface area contributed by atoms with Gasteiger partial charge in [-0.25, -0.2) is 4.68 Å². The summed E-state index contributed by atoms with van der Waals surface area (Å²) in [5.41, 5.74) is 3.41. The van der Waals surface area contributed by atoms with E-state index in [2.05, 4.69) is 20.7 Å². The Balaban J connectivity index is 1.47. The van der Waals surface area contributed by atoms with Crippen LogP contribution in [0.2, 0.25) is 10.0 Å². The van der Waals surface area contributed by atoms with E-state index in [4.69, 9.17) is 32.7 Å². The third kappa shape index (κ3) is 5.12. The summed E-state index contributed by atoms with van der Waals surface area (Å²) in [6.07, 6.45) is 1.45. The molecule has 0 bridgehead atoms. The van der Waals surface area contributed by atoms with E-state index in [9.17, 15) is 4.79 Å². The molecule has 0 spiro atoms. The number of amides is 1. The molecule has 8 nitrogen and oxygen atoms in total. The molecule has 1 amide bonds. The average molecular weight is 536 g/mol. The molecule has 4 aromatic rings. The van der Waals surface area contributed by atoms with E-state index in [-0.39, 0.29) is 12.5 Å². The highest BCUT2D eigenvalue weighted by Gasteiger charge is 2.34. The molecule has 188 valence electrons. The van der Waals surface area contributed by atoms with Gasteiger partial charge in [-0.3, -0.25) is 4.79 Å². The minimum Gasteiger partial charge on any atom is -0.493 e. The number of ether oxygens (including phenoxy) is 2. The first kappa shape index (κ1) is 24.7. The first-order valence-corrected chi connectivity index (χ1v) is 12.2. The van der Waals surface area contributed by atoms with Crippen LogP contribution in [-0.4, -0.2) is 27.8 Å². The number of carbonyl (C=O) groups excluding carboxylic acids is 1. The number of anilines is 2. The molecule has 1 aliphatic rings. The summed E-state index contributed by atoms with van der Waals surface area (Å²) in [5.74, 6) is 1.31. The van der Waals surface area contributed by atoms with Crippen molar-refractivity contribution in [2.24, 2.45) is 0 Å². The summed E-state index contributed by atoms with van der Waals surface area (Å²) < 4.78 is 13.3. The van der Waals surface area contributed by atoms with Crippen LogP contribution >= 0.6 is 23.2 Å². The van der Waals surface area contributed by atoms with Crippen molar-refractivity contribution in [2.75, 3.05) is 17.7 Å². The lowest BCUT2D eigenvalue weighted by Crippen LogP contribution is -2.31. The fraction of sp³-hybridized carbons (Fsp3) is 0.148. The number of nitrogens with zero attached hydrogens (tertiary/aromatic N) is 3. The monoisotopic (exact) mass is 535 g/mol. The van der Waals surface area contributed by atoms with Crippen LogP contribution in [-0.2, 0) is 11.4 Å². The SMILES string of the molecule is COc1cc(C2C(C(=O)Nc3ccc(Cl)cc3)=C(C)Nc3ncnn32)ccc1OCc1ccccc1Cl. The van der Waals surface area contributed by atoms with Gasteiger partial charge < -0.3 is 20.1 Å². The molecule has 3 aromatic carbocycles. The van der Waals surface area contributed by atoms with Crippen molar-refractivity contribution in [3.8, 4) is 11.5 Å². The number of fused-ring (bicyclic) bond motifs is 1. The lowest BCUT2D eigenvalue weighted by Gasteiger charge is -2.29. The van der Waals surface area contributed by atoms with Crippen molar-refractivity contribution in [1.82, 2.24) is 14.8 Å². The first-order chi connectivity index (χ1) is 17.9. The lowest BCUT2D eigenvalue weighted by molar-refractivity contribution is -0.113. The van der Waals surface area contributed by atoms with Gasteiger partial charge in [-0.2, -0.15) is 10.1 Å². The molecular formula is C27H23Cl2N5O3. The summed E-state index contributed by atoms with van der Waals surface area (Å²) in [4.78, 5) is 17.8. The van der Waals surface area contributed by atoms with Gasteiger partial charge in [0.1, 0.15) is 19.0 Å². The molecule has 0 aliphatic carbocycles. The van der Waals surface area contributed by atoms with E-state index >= 15 is 0 Å². The van der Waals surface area contributed by atoms with Crippen molar-refractivity contribution in [2.45, 2.75) is 19.6 Å².